The van der Waals surface area contributed by atoms with E-state index in [4.69, 9.17) is 18.9 Å². The van der Waals surface area contributed by atoms with Gasteiger partial charge in [0.05, 0.1) is 30.8 Å². The fourth-order valence-corrected chi connectivity index (χ4v) is 2.11. The van der Waals surface area contributed by atoms with E-state index in [1.54, 1.807) is 0 Å². The van der Waals surface area contributed by atoms with E-state index < -0.39 is 4.92 Å². The Morgan fingerprint density at radius 1 is 1.26 bits per heavy atom. The number of ether oxygens (including phenoxy) is 4. The maximum absolute atomic E-state index is 11.1. The number of benzene rings is 1. The monoisotopic (exact) mass is 335 g/mol. The molecule has 106 valence electrons. The van der Waals surface area contributed by atoms with Gasteiger partial charge < -0.3 is 18.9 Å². The first-order valence-electron chi connectivity index (χ1n) is 5.20. The summed E-state index contributed by atoms with van der Waals surface area (Å²) in [6, 6.07) is 1.25. The molecule has 19 heavy (non-hydrogen) atoms. The summed E-state index contributed by atoms with van der Waals surface area (Å²) in [4.78, 5) is 10.5. The lowest BCUT2D eigenvalue weighted by atomic mass is 10.1. The molecule has 0 atom stereocenters. The van der Waals surface area contributed by atoms with Gasteiger partial charge in [-0.1, -0.05) is 15.9 Å². The lowest BCUT2D eigenvalue weighted by Crippen LogP contribution is -2.05. The molecule has 1 aromatic rings. The first-order chi connectivity index (χ1) is 9.10. The summed E-state index contributed by atoms with van der Waals surface area (Å²) in [6.07, 6.45) is 0. The highest BCUT2D eigenvalue weighted by Gasteiger charge is 2.26. The van der Waals surface area contributed by atoms with Gasteiger partial charge in [-0.2, -0.15) is 0 Å². The number of hydrogen-bond donors (Lipinski definition) is 0. The fraction of sp³-hybridized carbons (Fsp3) is 0.455. The standard InChI is InChI=1S/C11H14BrNO6/c1-16-6-19-9-4-8(13(14)15)10(17-2)7(5-12)11(9)18-3/h4H,5-6H2,1-3H3. The summed E-state index contributed by atoms with van der Waals surface area (Å²) in [6.45, 7) is -0.0401. The molecule has 0 spiro atoms. The molecular formula is C11H14BrNO6. The molecule has 0 saturated carbocycles. The van der Waals surface area contributed by atoms with Crippen molar-refractivity contribution in [2.45, 2.75) is 5.33 Å². The molecule has 0 unspecified atom stereocenters. The molecule has 0 heterocycles. The molecule has 1 rings (SSSR count). The van der Waals surface area contributed by atoms with Gasteiger partial charge in [0.1, 0.15) is 0 Å². The van der Waals surface area contributed by atoms with Crippen molar-refractivity contribution < 1.29 is 23.9 Å². The average Bonchev–Trinajstić information content (AvgIpc) is 2.42. The van der Waals surface area contributed by atoms with E-state index in [2.05, 4.69) is 15.9 Å². The first-order valence-corrected chi connectivity index (χ1v) is 6.32. The van der Waals surface area contributed by atoms with Crippen molar-refractivity contribution in [1.82, 2.24) is 0 Å². The maximum Gasteiger partial charge on any atom is 0.315 e. The highest BCUT2D eigenvalue weighted by molar-refractivity contribution is 9.08. The molecule has 0 bridgehead atoms. The second-order valence-corrected chi connectivity index (χ2v) is 3.94. The lowest BCUT2D eigenvalue weighted by molar-refractivity contribution is -0.385. The van der Waals surface area contributed by atoms with Crippen molar-refractivity contribution in [1.29, 1.82) is 0 Å². The third-order valence-electron chi connectivity index (χ3n) is 2.34. The number of hydrogen-bond acceptors (Lipinski definition) is 6. The number of nitro groups is 1. The molecule has 0 aliphatic heterocycles. The van der Waals surface area contributed by atoms with Crippen LogP contribution in [0, 0.1) is 10.1 Å². The SMILES string of the molecule is COCOc1cc([N+](=O)[O-])c(OC)c(CBr)c1OC. The lowest BCUT2D eigenvalue weighted by Gasteiger charge is -2.16. The summed E-state index contributed by atoms with van der Waals surface area (Å²) in [5.74, 6) is 0.742. The van der Waals surface area contributed by atoms with Crippen LogP contribution in [0.1, 0.15) is 5.56 Å². The highest BCUT2D eigenvalue weighted by atomic mass is 79.9. The summed E-state index contributed by atoms with van der Waals surface area (Å²) in [7, 11) is 4.27. The average molecular weight is 336 g/mol. The van der Waals surface area contributed by atoms with Gasteiger partial charge in [-0.05, 0) is 0 Å². The fourth-order valence-electron chi connectivity index (χ4n) is 1.60. The number of alkyl halides is 1. The molecule has 8 heteroatoms. The van der Waals surface area contributed by atoms with Crippen molar-refractivity contribution in [3.05, 3.63) is 21.7 Å². The first kappa shape index (κ1) is 15.5. The van der Waals surface area contributed by atoms with Crippen LogP contribution in [0.25, 0.3) is 0 Å². The summed E-state index contributed by atoms with van der Waals surface area (Å²) >= 11 is 3.26. The molecule has 0 fully saturated rings. The number of nitro benzene ring substituents is 1. The largest absolute Gasteiger partial charge is 0.492 e. The zero-order valence-corrected chi connectivity index (χ0v) is 12.4. The molecule has 7 nitrogen and oxygen atoms in total. The van der Waals surface area contributed by atoms with E-state index in [0.29, 0.717) is 16.6 Å². The van der Waals surface area contributed by atoms with E-state index in [1.165, 1.54) is 27.4 Å². The zero-order chi connectivity index (χ0) is 14.4. The van der Waals surface area contributed by atoms with Crippen LogP contribution in [0.5, 0.6) is 17.2 Å². The van der Waals surface area contributed by atoms with Gasteiger partial charge in [0.15, 0.2) is 18.3 Å². The minimum Gasteiger partial charge on any atom is -0.492 e. The van der Waals surface area contributed by atoms with Gasteiger partial charge in [-0.25, -0.2) is 0 Å². The smallest absolute Gasteiger partial charge is 0.315 e. The number of rotatable bonds is 7. The Bertz CT molecular complexity index is 465. The van der Waals surface area contributed by atoms with Crippen LogP contribution in [0.4, 0.5) is 5.69 Å². The molecular weight excluding hydrogens is 322 g/mol. The van der Waals surface area contributed by atoms with Gasteiger partial charge in [-0.3, -0.25) is 10.1 Å². The number of nitrogens with zero attached hydrogens (tertiary/aromatic N) is 1. The van der Waals surface area contributed by atoms with Crippen molar-refractivity contribution in [3.8, 4) is 17.2 Å². The molecule has 0 aliphatic carbocycles. The van der Waals surface area contributed by atoms with Gasteiger partial charge in [0, 0.05) is 12.4 Å². The Balaban J connectivity index is 3.46. The van der Waals surface area contributed by atoms with Gasteiger partial charge in [-0.15, -0.1) is 0 Å². The summed E-state index contributed by atoms with van der Waals surface area (Å²) < 4.78 is 20.4. The molecule has 0 aromatic heterocycles. The van der Waals surface area contributed by atoms with Crippen molar-refractivity contribution in [2.75, 3.05) is 28.1 Å². The van der Waals surface area contributed by atoms with Gasteiger partial charge in [0.2, 0.25) is 5.75 Å². The summed E-state index contributed by atoms with van der Waals surface area (Å²) in [5.41, 5.74) is 0.314. The number of methoxy groups -OCH3 is 3. The van der Waals surface area contributed by atoms with E-state index in [9.17, 15) is 10.1 Å². The van der Waals surface area contributed by atoms with Crippen molar-refractivity contribution >= 4 is 21.6 Å². The van der Waals surface area contributed by atoms with Gasteiger partial charge >= 0.3 is 5.69 Å². The number of halogens is 1. The van der Waals surface area contributed by atoms with Crippen LogP contribution in [-0.4, -0.2) is 33.0 Å². The highest BCUT2D eigenvalue weighted by Crippen LogP contribution is 2.45. The molecule has 0 N–H and O–H groups in total. The molecule has 1 aromatic carbocycles. The Morgan fingerprint density at radius 3 is 2.32 bits per heavy atom. The van der Waals surface area contributed by atoms with E-state index in [0.717, 1.165) is 0 Å². The van der Waals surface area contributed by atoms with Crippen LogP contribution in [0.15, 0.2) is 6.07 Å². The quantitative estimate of drug-likeness (QED) is 0.329. The van der Waals surface area contributed by atoms with Crippen LogP contribution in [-0.2, 0) is 10.1 Å². The van der Waals surface area contributed by atoms with E-state index in [1.807, 2.05) is 0 Å². The molecule has 0 amide bonds. The Kier molecular flexibility index (Phi) is 5.84. The Labute approximate surface area is 118 Å². The van der Waals surface area contributed by atoms with Crippen molar-refractivity contribution in [3.63, 3.8) is 0 Å². The molecule has 0 aliphatic rings. The molecule has 0 saturated heterocycles. The van der Waals surface area contributed by atoms with E-state index in [-0.39, 0.29) is 24.0 Å². The second-order valence-electron chi connectivity index (χ2n) is 3.38. The third kappa shape index (κ3) is 3.27. The normalized spacial score (nSPS) is 10.1. The van der Waals surface area contributed by atoms with Crippen LogP contribution < -0.4 is 14.2 Å². The Hall–Kier alpha value is -1.54. The predicted octanol–water partition coefficient (Wildman–Crippen LogP) is 2.49. The van der Waals surface area contributed by atoms with Crippen LogP contribution in [0.3, 0.4) is 0 Å². The molecule has 0 radical (unpaired) electrons. The van der Waals surface area contributed by atoms with Crippen LogP contribution >= 0.6 is 15.9 Å². The third-order valence-corrected chi connectivity index (χ3v) is 2.90. The zero-order valence-electron chi connectivity index (χ0n) is 10.8. The minimum atomic E-state index is -0.538. The van der Waals surface area contributed by atoms with Crippen molar-refractivity contribution in [2.24, 2.45) is 0 Å². The predicted molar refractivity (Wildman–Crippen MR) is 71.3 cm³/mol. The minimum absolute atomic E-state index is 0.0401. The Morgan fingerprint density at radius 2 is 1.89 bits per heavy atom. The van der Waals surface area contributed by atoms with Crippen LogP contribution in [0.2, 0.25) is 0 Å². The maximum atomic E-state index is 11.1. The topological polar surface area (TPSA) is 80.1 Å². The van der Waals surface area contributed by atoms with E-state index >= 15 is 0 Å². The van der Waals surface area contributed by atoms with Gasteiger partial charge in [0.25, 0.3) is 0 Å². The second kappa shape index (κ2) is 7.15. The summed E-state index contributed by atoms with van der Waals surface area (Å²) in [5, 5.41) is 11.4.